The minimum atomic E-state index is -0.593. The van der Waals surface area contributed by atoms with Gasteiger partial charge in [0.2, 0.25) is 0 Å². The molecule has 0 aliphatic carbocycles. The van der Waals surface area contributed by atoms with Crippen molar-refractivity contribution < 1.29 is 23.8 Å². The van der Waals surface area contributed by atoms with Crippen LogP contribution in [0.4, 0.5) is 0 Å². The second kappa shape index (κ2) is 7.62. The molecule has 7 heteroatoms. The summed E-state index contributed by atoms with van der Waals surface area (Å²) >= 11 is 0. The van der Waals surface area contributed by atoms with Crippen LogP contribution in [0.15, 0.2) is 54.7 Å². The van der Waals surface area contributed by atoms with E-state index in [1.54, 1.807) is 24.3 Å². The second-order valence-electron chi connectivity index (χ2n) is 8.49. The van der Waals surface area contributed by atoms with Crippen molar-refractivity contribution in [2.75, 3.05) is 13.2 Å². The van der Waals surface area contributed by atoms with E-state index < -0.39 is 11.7 Å². The van der Waals surface area contributed by atoms with Gasteiger partial charge in [0, 0.05) is 29.7 Å². The van der Waals surface area contributed by atoms with Crippen molar-refractivity contribution in [1.82, 2.24) is 9.88 Å². The molecule has 1 N–H and O–H groups in total. The molecular formula is C25H24N2O5. The Hall–Kier alpha value is -3.42. The Morgan fingerprint density at radius 1 is 1.06 bits per heavy atom. The van der Waals surface area contributed by atoms with Crippen molar-refractivity contribution in [2.24, 2.45) is 7.05 Å². The molecule has 2 aliphatic heterocycles. The molecule has 3 heterocycles. The maximum absolute atomic E-state index is 12.7. The maximum Gasteiger partial charge on any atom is 0.259 e. The van der Waals surface area contributed by atoms with E-state index in [4.69, 9.17) is 14.2 Å². The number of ether oxygens (including phenoxy) is 3. The van der Waals surface area contributed by atoms with Gasteiger partial charge in [-0.2, -0.15) is 0 Å². The van der Waals surface area contributed by atoms with Gasteiger partial charge in [0.05, 0.1) is 17.8 Å². The molecule has 32 heavy (non-hydrogen) atoms. The van der Waals surface area contributed by atoms with E-state index in [1.807, 2.05) is 55.9 Å². The molecule has 0 spiro atoms. The molecule has 5 rings (SSSR count). The molecule has 2 aliphatic rings. The summed E-state index contributed by atoms with van der Waals surface area (Å²) in [4.78, 5) is 25.4. The molecule has 0 saturated carbocycles. The zero-order chi connectivity index (χ0) is 22.5. The Morgan fingerprint density at radius 2 is 1.78 bits per heavy atom. The SMILES string of the molecule is Cn1cc(C2=C(c3ccc(OCC4COC(C)(C)O4)cc3)C(=O)NC2=O)c2ccccc21. The van der Waals surface area contributed by atoms with Crippen LogP contribution in [-0.2, 0) is 26.1 Å². The van der Waals surface area contributed by atoms with Crippen molar-refractivity contribution in [3.05, 3.63) is 65.9 Å². The Morgan fingerprint density at radius 3 is 2.50 bits per heavy atom. The highest BCUT2D eigenvalue weighted by atomic mass is 16.7. The van der Waals surface area contributed by atoms with Crippen molar-refractivity contribution in [3.8, 4) is 5.75 Å². The average molecular weight is 432 g/mol. The molecule has 0 bridgehead atoms. The largest absolute Gasteiger partial charge is 0.491 e. The number of benzene rings is 2. The third kappa shape index (κ3) is 3.59. The summed E-state index contributed by atoms with van der Waals surface area (Å²) in [5, 5.41) is 3.37. The first-order valence-corrected chi connectivity index (χ1v) is 10.5. The van der Waals surface area contributed by atoms with E-state index in [9.17, 15) is 9.59 Å². The van der Waals surface area contributed by atoms with Crippen LogP contribution in [0.25, 0.3) is 22.0 Å². The third-order valence-electron chi connectivity index (χ3n) is 5.74. The number of hydrogen-bond acceptors (Lipinski definition) is 5. The number of hydrogen-bond donors (Lipinski definition) is 1. The summed E-state index contributed by atoms with van der Waals surface area (Å²) < 4.78 is 19.1. The lowest BCUT2D eigenvalue weighted by molar-refractivity contribution is -0.141. The summed E-state index contributed by atoms with van der Waals surface area (Å²) in [6, 6.07) is 15.0. The van der Waals surface area contributed by atoms with Crippen LogP contribution in [0.2, 0.25) is 0 Å². The van der Waals surface area contributed by atoms with E-state index in [1.165, 1.54) is 0 Å². The molecule has 1 atom stereocenters. The van der Waals surface area contributed by atoms with Gasteiger partial charge in [-0.05, 0) is 37.6 Å². The number of rotatable bonds is 5. The minimum Gasteiger partial charge on any atom is -0.491 e. The summed E-state index contributed by atoms with van der Waals surface area (Å²) in [7, 11) is 1.92. The molecule has 1 saturated heterocycles. The molecule has 2 aromatic carbocycles. The van der Waals surface area contributed by atoms with Gasteiger partial charge in [-0.15, -0.1) is 0 Å². The van der Waals surface area contributed by atoms with Crippen molar-refractivity contribution in [1.29, 1.82) is 0 Å². The Bertz CT molecular complexity index is 1250. The van der Waals surface area contributed by atoms with Gasteiger partial charge in [0.15, 0.2) is 5.79 Å². The summed E-state index contributed by atoms with van der Waals surface area (Å²) in [5.74, 6) is -0.725. The van der Waals surface area contributed by atoms with Crippen molar-refractivity contribution in [2.45, 2.75) is 25.7 Å². The highest BCUT2D eigenvalue weighted by Crippen LogP contribution is 2.36. The molecule has 3 aromatic rings. The quantitative estimate of drug-likeness (QED) is 0.626. The van der Waals surface area contributed by atoms with Crippen LogP contribution in [0.1, 0.15) is 25.0 Å². The van der Waals surface area contributed by atoms with E-state index in [0.717, 1.165) is 16.5 Å². The van der Waals surface area contributed by atoms with Crippen LogP contribution in [0.3, 0.4) is 0 Å². The number of fused-ring (bicyclic) bond motifs is 1. The molecule has 7 nitrogen and oxygen atoms in total. The molecule has 1 aromatic heterocycles. The van der Waals surface area contributed by atoms with Crippen LogP contribution >= 0.6 is 0 Å². The van der Waals surface area contributed by atoms with E-state index in [2.05, 4.69) is 5.32 Å². The number of carbonyl (C=O) groups is 2. The first-order valence-electron chi connectivity index (χ1n) is 10.5. The predicted octanol–water partition coefficient (Wildman–Crippen LogP) is 3.28. The third-order valence-corrected chi connectivity index (χ3v) is 5.74. The fourth-order valence-corrected chi connectivity index (χ4v) is 4.28. The average Bonchev–Trinajstić information content (AvgIpc) is 3.39. The minimum absolute atomic E-state index is 0.136. The standard InChI is InChI=1S/C25H24N2O5/c1-25(2)31-14-17(32-25)13-30-16-10-8-15(9-11-16)21-22(24(29)26-23(21)28)19-12-27(3)20-7-5-4-6-18(19)20/h4-12,17H,13-14H2,1-3H3,(H,26,28,29). The second-order valence-corrected chi connectivity index (χ2v) is 8.49. The number of amides is 2. The van der Waals surface area contributed by atoms with E-state index in [0.29, 0.717) is 35.7 Å². The number of nitrogens with zero attached hydrogens (tertiary/aromatic N) is 1. The zero-order valence-electron chi connectivity index (χ0n) is 18.2. The number of imide groups is 1. The highest BCUT2D eigenvalue weighted by Gasteiger charge is 2.34. The van der Waals surface area contributed by atoms with Gasteiger partial charge in [-0.3, -0.25) is 14.9 Å². The number of nitrogens with one attached hydrogen (secondary N) is 1. The van der Waals surface area contributed by atoms with Gasteiger partial charge < -0.3 is 18.8 Å². The normalized spacial score (nSPS) is 20.3. The van der Waals surface area contributed by atoms with Gasteiger partial charge in [-0.1, -0.05) is 30.3 Å². The van der Waals surface area contributed by atoms with Crippen LogP contribution in [0, 0.1) is 0 Å². The number of carbonyl (C=O) groups excluding carboxylic acids is 2. The summed E-state index contributed by atoms with van der Waals surface area (Å²) in [5.41, 5.74) is 3.14. The molecular weight excluding hydrogens is 408 g/mol. The Labute approximate surface area is 185 Å². The fourth-order valence-electron chi connectivity index (χ4n) is 4.28. The van der Waals surface area contributed by atoms with Crippen LogP contribution < -0.4 is 10.1 Å². The van der Waals surface area contributed by atoms with E-state index >= 15 is 0 Å². The lowest BCUT2D eigenvalue weighted by atomic mass is 9.96. The fraction of sp³-hybridized carbons (Fsp3) is 0.280. The van der Waals surface area contributed by atoms with Crippen molar-refractivity contribution >= 4 is 33.9 Å². The molecule has 164 valence electrons. The van der Waals surface area contributed by atoms with Gasteiger partial charge in [0.25, 0.3) is 11.8 Å². The first-order chi connectivity index (χ1) is 15.3. The topological polar surface area (TPSA) is 78.8 Å². The smallest absolute Gasteiger partial charge is 0.259 e. The molecule has 1 fully saturated rings. The lowest BCUT2D eigenvalue weighted by Gasteiger charge is -2.17. The van der Waals surface area contributed by atoms with Crippen LogP contribution in [0.5, 0.6) is 5.75 Å². The molecule has 0 radical (unpaired) electrons. The molecule has 2 amide bonds. The van der Waals surface area contributed by atoms with E-state index in [-0.39, 0.29) is 12.0 Å². The number of para-hydroxylation sites is 1. The monoisotopic (exact) mass is 432 g/mol. The van der Waals surface area contributed by atoms with Gasteiger partial charge >= 0.3 is 0 Å². The predicted molar refractivity (Wildman–Crippen MR) is 120 cm³/mol. The zero-order valence-corrected chi connectivity index (χ0v) is 18.2. The number of aryl methyl sites for hydroxylation is 1. The van der Waals surface area contributed by atoms with Crippen LogP contribution in [-0.4, -0.2) is 41.5 Å². The Kier molecular flexibility index (Phi) is 4.87. The van der Waals surface area contributed by atoms with Crippen molar-refractivity contribution in [3.63, 3.8) is 0 Å². The maximum atomic E-state index is 12.7. The first kappa shape index (κ1) is 20.5. The highest BCUT2D eigenvalue weighted by molar-refractivity contribution is 6.50. The Balaban J connectivity index is 1.45. The number of aromatic nitrogens is 1. The van der Waals surface area contributed by atoms with Gasteiger partial charge in [0.1, 0.15) is 18.5 Å². The lowest BCUT2D eigenvalue weighted by Crippen LogP contribution is -2.25. The summed E-state index contributed by atoms with van der Waals surface area (Å²) in [6.07, 6.45) is 1.75. The van der Waals surface area contributed by atoms with Gasteiger partial charge in [-0.25, -0.2) is 0 Å². The summed E-state index contributed by atoms with van der Waals surface area (Å²) in [6.45, 7) is 4.59. The molecule has 1 unspecified atom stereocenters.